The van der Waals surface area contributed by atoms with Crippen molar-refractivity contribution in [3.8, 4) is 23.0 Å². The maximum Gasteiger partial charge on any atom is 0.217 e. The predicted octanol–water partition coefficient (Wildman–Crippen LogP) is 26.1. The van der Waals surface area contributed by atoms with Crippen LogP contribution >= 0.6 is 0 Å². The second-order valence-electron chi connectivity index (χ2n) is 33.1. The van der Waals surface area contributed by atoms with Gasteiger partial charge in [-0.15, -0.1) is 0 Å². The zero-order valence-electron chi connectivity index (χ0n) is 79.3. The molecule has 0 bridgehead atoms. The molecular weight excluding hydrogens is 1870 g/mol. The van der Waals surface area contributed by atoms with Gasteiger partial charge in [0.15, 0.2) is 51.5 Å². The predicted molar refractivity (Wildman–Crippen MR) is 542 cm³/mol. The van der Waals surface area contributed by atoms with Gasteiger partial charge in [-0.3, -0.25) is 4.79 Å². The van der Waals surface area contributed by atoms with Crippen LogP contribution in [0.5, 0.6) is 23.0 Å². The fraction of sp³-hybridized carbons (Fsp3) is 0.295. The quantitative estimate of drug-likeness (QED) is 0.00863. The van der Waals surface area contributed by atoms with Gasteiger partial charge in [-0.05, 0) is 257 Å². The molecule has 0 aliphatic carbocycles. The zero-order valence-corrected chi connectivity index (χ0v) is 84.2. The Bertz CT molecular complexity index is 5600. The first kappa shape index (κ1) is 111. The van der Waals surface area contributed by atoms with Crippen molar-refractivity contribution in [3.05, 3.63) is 390 Å². The number of Topliss-reactive ketones (excluding diaryl/α,β-unsaturated/α-hetero) is 1. The standard InChI is InChI=1S/C22H26F4O5S.2C20H26O5S.2C18H15S.C14H19OS/c1-3-14(2)15-8-10-16(11-9-15)30-12-6-4-5-7-13-31-21-17(23)19(25)22(32(27,28)29)20(26)18(21)24;1-3-16(2)18-6-8-19(9-7-18)25-15-14-24-13-12-17-4-10-20(11-5-17)26(21,22)23;1-3-16(2)18-7-5-17(6-8-18)15-24-13-4-14-25-19-9-11-20(12-10-19)26(21,22)23;2*1-4-10-16(11-5-1)19(17-12-6-2-7-13-17)18-14-8-3-9-15-18;1-14(2,16-10-6-7-11-16)13(15)12-8-4-3-5-9-12/h8-11,14H,3-7,12-13H2,1-2H3,(H,27,28,29);4-11,16H,3,12-15H2,1-2H3,(H,21,22,23);5-12,16H,3-4,13-15H2,1-2H3,(H,21,22,23);2*1-15H;3-5,8-9H,6-7,10-11H2,1-2H3/q;;;3*+1/p-3. The van der Waals surface area contributed by atoms with Crippen LogP contribution in [-0.4, -0.2) is 107 Å². The summed E-state index contributed by atoms with van der Waals surface area (Å²) in [6.07, 6.45) is 9.61. The molecule has 16 nitrogen and oxygen atoms in total. The van der Waals surface area contributed by atoms with Gasteiger partial charge < -0.3 is 42.1 Å². The molecule has 1 aliphatic heterocycles. The molecule has 0 aromatic heterocycles. The van der Waals surface area contributed by atoms with Crippen molar-refractivity contribution in [2.75, 3.05) is 57.8 Å². The highest BCUT2D eigenvalue weighted by Crippen LogP contribution is 2.37. The lowest BCUT2D eigenvalue weighted by molar-refractivity contribution is 0.0956. The summed E-state index contributed by atoms with van der Waals surface area (Å²) < 4.78 is 185. The third kappa shape index (κ3) is 36.1. The van der Waals surface area contributed by atoms with Crippen LogP contribution in [0.2, 0.25) is 0 Å². The van der Waals surface area contributed by atoms with E-state index in [2.05, 4.69) is 274 Å². The molecule has 3 unspecified atom stereocenters. The van der Waals surface area contributed by atoms with Gasteiger partial charge >= 0.3 is 0 Å². The molecule has 0 N–H and O–H groups in total. The van der Waals surface area contributed by atoms with Crippen molar-refractivity contribution >= 4 is 68.8 Å². The zero-order chi connectivity index (χ0) is 99.3. The largest absolute Gasteiger partial charge is 0.744 e. The Labute approximate surface area is 822 Å². The van der Waals surface area contributed by atoms with Crippen LogP contribution in [0.3, 0.4) is 0 Å². The summed E-state index contributed by atoms with van der Waals surface area (Å²) in [5, 5.41) is 0. The topological polar surface area (TPSA) is 244 Å². The Hall–Kier alpha value is -10.9. The minimum atomic E-state index is -5.74. The second kappa shape index (κ2) is 57.6. The van der Waals surface area contributed by atoms with Crippen molar-refractivity contribution in [3.63, 3.8) is 0 Å². The van der Waals surface area contributed by atoms with E-state index < -0.39 is 64.3 Å². The number of ether oxygens (including phenoxy) is 6. The third-order valence-electron chi connectivity index (χ3n) is 22.8. The van der Waals surface area contributed by atoms with Crippen LogP contribution in [0.4, 0.5) is 17.6 Å². The number of rotatable bonds is 41. The first-order valence-electron chi connectivity index (χ1n) is 46.3. The van der Waals surface area contributed by atoms with Gasteiger partial charge in [-0.25, -0.2) is 34.0 Å². The fourth-order valence-electron chi connectivity index (χ4n) is 14.3. The number of halogens is 4. The van der Waals surface area contributed by atoms with Gasteiger partial charge in [-0.1, -0.05) is 242 Å². The van der Waals surface area contributed by atoms with E-state index in [4.69, 9.17) is 28.4 Å². The number of ketones is 1. The van der Waals surface area contributed by atoms with Crippen molar-refractivity contribution < 1.29 is 89.7 Å². The lowest BCUT2D eigenvalue weighted by Gasteiger charge is -2.21. The Morgan fingerprint density at radius 1 is 0.348 bits per heavy atom. The average molecular weight is 1990 g/mol. The molecule has 0 spiro atoms. The summed E-state index contributed by atoms with van der Waals surface area (Å²) in [6.45, 7) is 20.6. The van der Waals surface area contributed by atoms with Crippen molar-refractivity contribution in [1.82, 2.24) is 0 Å². The summed E-state index contributed by atoms with van der Waals surface area (Å²) in [6, 6.07) is 110. The SMILES string of the molecule is CC(C)(C(=O)c1ccccc1)[S+]1CCCC1.CCC(C)c1ccc(COCCCOc2ccc(S(=O)(=O)[O-])cc2)cc1.CCC(C)c1ccc(OCCCCCCOc2c(F)c(F)c(S(=O)(=O)[O-])c(F)c2F)cc1.CCC(C)c1ccc(OCCOCCc2ccc(S(=O)(=O)[O-])cc2)cc1.c1ccc([S+](c2ccccc2)c2ccccc2)cc1.c1ccc([S+](c2ccccc2)c2ccccc2)cc1. The van der Waals surface area contributed by atoms with Crippen LogP contribution < -0.4 is 18.9 Å². The maximum absolute atomic E-state index is 13.8. The van der Waals surface area contributed by atoms with Crippen molar-refractivity contribution in [2.45, 2.75) is 199 Å². The lowest BCUT2D eigenvalue weighted by atomic mass is 9.98. The van der Waals surface area contributed by atoms with Crippen LogP contribution in [0.15, 0.2) is 378 Å². The van der Waals surface area contributed by atoms with E-state index in [9.17, 15) is 61.3 Å². The monoisotopic (exact) mass is 1990 g/mol. The molecular formula is C112H124F4O16S6. The number of carbonyl (C=O) groups is 1. The number of unbranched alkanes of at least 4 members (excludes halogenated alkanes) is 3. The molecule has 13 aromatic carbocycles. The summed E-state index contributed by atoms with van der Waals surface area (Å²) in [5.41, 5.74) is 6.84. The molecule has 3 atom stereocenters. The first-order valence-corrected chi connectivity index (χ1v) is 54.6. The van der Waals surface area contributed by atoms with E-state index in [1.54, 1.807) is 12.1 Å². The van der Waals surface area contributed by atoms with E-state index in [-0.39, 0.29) is 53.8 Å². The van der Waals surface area contributed by atoms with E-state index in [0.29, 0.717) is 101 Å². The van der Waals surface area contributed by atoms with Crippen LogP contribution in [0, 0.1) is 23.3 Å². The molecule has 0 amide bonds. The molecule has 1 aliphatic rings. The smallest absolute Gasteiger partial charge is 0.217 e. The van der Waals surface area contributed by atoms with Gasteiger partial charge in [0, 0.05) is 22.9 Å². The first-order chi connectivity index (χ1) is 66.4. The highest BCUT2D eigenvalue weighted by Gasteiger charge is 2.47. The summed E-state index contributed by atoms with van der Waals surface area (Å²) in [5.74, 6) is -3.60. The summed E-state index contributed by atoms with van der Waals surface area (Å²) in [4.78, 5) is 18.0. The Kier molecular flexibility index (Phi) is 46.3. The Morgan fingerprint density at radius 2 is 0.659 bits per heavy atom. The fourth-order valence-corrected chi connectivity index (χ4v) is 22.7. The second-order valence-corrected chi connectivity index (χ2v) is 44.0. The third-order valence-corrected chi connectivity index (χ3v) is 33.0. The highest BCUT2D eigenvalue weighted by atomic mass is 32.2. The Balaban J connectivity index is 0.000000188. The van der Waals surface area contributed by atoms with E-state index >= 15 is 0 Å². The molecule has 26 heteroatoms. The summed E-state index contributed by atoms with van der Waals surface area (Å²) in [7, 11) is -14.3. The Morgan fingerprint density at radius 3 is 1.01 bits per heavy atom. The van der Waals surface area contributed by atoms with Gasteiger partial charge in [0.2, 0.25) is 17.4 Å². The van der Waals surface area contributed by atoms with Gasteiger partial charge in [0.25, 0.3) is 0 Å². The van der Waals surface area contributed by atoms with Crippen molar-refractivity contribution in [2.24, 2.45) is 0 Å². The summed E-state index contributed by atoms with van der Waals surface area (Å²) >= 11 is 0. The van der Waals surface area contributed by atoms with Gasteiger partial charge in [-0.2, -0.15) is 8.78 Å². The van der Waals surface area contributed by atoms with E-state index in [0.717, 1.165) is 60.3 Å². The maximum atomic E-state index is 13.8. The van der Waals surface area contributed by atoms with E-state index in [1.807, 2.05) is 66.7 Å². The molecule has 0 saturated carbocycles. The minimum Gasteiger partial charge on any atom is -0.744 e. The number of benzene rings is 13. The van der Waals surface area contributed by atoms with E-state index in [1.165, 1.54) is 107 Å². The van der Waals surface area contributed by atoms with Gasteiger partial charge in [0.05, 0.1) is 77.8 Å². The number of hydrogen-bond acceptors (Lipinski definition) is 16. The van der Waals surface area contributed by atoms with Crippen LogP contribution in [0.25, 0.3) is 0 Å². The normalized spacial score (nSPS) is 12.7. The molecule has 14 rings (SSSR count). The molecule has 1 saturated heterocycles. The van der Waals surface area contributed by atoms with Crippen LogP contribution in [-0.2, 0) is 85.5 Å². The molecule has 1 fully saturated rings. The van der Waals surface area contributed by atoms with Gasteiger partial charge in [0.1, 0.15) is 70.6 Å². The molecule has 1 heterocycles. The molecule has 13 aromatic rings. The number of carbonyl (C=O) groups excluding carboxylic acids is 1. The highest BCUT2D eigenvalue weighted by molar-refractivity contribution is 7.99. The molecule has 138 heavy (non-hydrogen) atoms. The minimum absolute atomic E-state index is 0.0146. The molecule has 732 valence electrons. The number of hydrogen-bond donors (Lipinski definition) is 0. The average Bonchev–Trinajstić information content (AvgIpc) is 0.864. The lowest BCUT2D eigenvalue weighted by Crippen LogP contribution is -2.41. The van der Waals surface area contributed by atoms with Crippen LogP contribution in [0.1, 0.15) is 176 Å². The molecule has 0 radical (unpaired) electrons. The van der Waals surface area contributed by atoms with Crippen molar-refractivity contribution in [1.29, 1.82) is 0 Å².